The number of aromatic amines is 1. The molecule has 0 aliphatic heterocycles. The third kappa shape index (κ3) is 0.822. The van der Waals surface area contributed by atoms with Crippen molar-refractivity contribution in [1.82, 2.24) is 4.98 Å². The number of hydrogen-bond acceptors (Lipinski definition) is 2. The number of rotatable bonds is 0. The molecular weight excluding hydrogens is 176 g/mol. The summed E-state index contributed by atoms with van der Waals surface area (Å²) in [6.45, 7) is 0. The third-order valence-electron chi connectivity index (χ3n) is 2.83. The van der Waals surface area contributed by atoms with Crippen LogP contribution in [-0.4, -0.2) is 16.8 Å². The van der Waals surface area contributed by atoms with Gasteiger partial charge in [0.2, 0.25) is 0 Å². The highest BCUT2D eigenvalue weighted by atomic mass is 16.1. The normalized spacial score (nSPS) is 20.4. The van der Waals surface area contributed by atoms with Crippen molar-refractivity contribution in [1.29, 1.82) is 0 Å². The Morgan fingerprint density at radius 2 is 2.29 bits per heavy atom. The Morgan fingerprint density at radius 1 is 1.43 bits per heavy atom. The molecule has 0 saturated carbocycles. The van der Waals surface area contributed by atoms with Crippen molar-refractivity contribution in [2.24, 2.45) is 5.73 Å². The van der Waals surface area contributed by atoms with E-state index in [-0.39, 0.29) is 11.8 Å². The SMILES string of the molecule is NC1Cc2cccc3[nH]cc(c23)C1=O. The first-order valence-electron chi connectivity index (χ1n) is 4.66. The Kier molecular flexibility index (Phi) is 1.36. The summed E-state index contributed by atoms with van der Waals surface area (Å²) in [7, 11) is 0. The molecular formula is C11H10N2O. The molecule has 1 atom stereocenters. The van der Waals surface area contributed by atoms with Gasteiger partial charge < -0.3 is 10.7 Å². The second kappa shape index (κ2) is 2.45. The van der Waals surface area contributed by atoms with Gasteiger partial charge in [0.1, 0.15) is 0 Å². The van der Waals surface area contributed by atoms with Gasteiger partial charge in [-0.15, -0.1) is 0 Å². The summed E-state index contributed by atoms with van der Waals surface area (Å²) in [4.78, 5) is 14.8. The van der Waals surface area contributed by atoms with Crippen LogP contribution in [-0.2, 0) is 6.42 Å². The van der Waals surface area contributed by atoms with Gasteiger partial charge >= 0.3 is 0 Å². The lowest BCUT2D eigenvalue weighted by atomic mass is 9.89. The predicted octanol–water partition coefficient (Wildman–Crippen LogP) is 1.23. The minimum absolute atomic E-state index is 0.0509. The summed E-state index contributed by atoms with van der Waals surface area (Å²) in [5, 5.41) is 1.05. The van der Waals surface area contributed by atoms with Crippen molar-refractivity contribution in [2.75, 3.05) is 0 Å². The van der Waals surface area contributed by atoms with Gasteiger partial charge in [0.05, 0.1) is 6.04 Å². The van der Waals surface area contributed by atoms with Crippen molar-refractivity contribution in [3.63, 3.8) is 0 Å². The molecule has 1 aliphatic rings. The molecule has 1 aromatic carbocycles. The van der Waals surface area contributed by atoms with Gasteiger partial charge in [-0.05, 0) is 18.1 Å². The topological polar surface area (TPSA) is 58.9 Å². The van der Waals surface area contributed by atoms with E-state index in [1.54, 1.807) is 6.20 Å². The van der Waals surface area contributed by atoms with Gasteiger partial charge in [-0.3, -0.25) is 4.79 Å². The molecule has 0 spiro atoms. The average molecular weight is 186 g/mol. The van der Waals surface area contributed by atoms with Gasteiger partial charge in [0.15, 0.2) is 5.78 Å². The molecule has 0 radical (unpaired) electrons. The van der Waals surface area contributed by atoms with Crippen LogP contribution in [0.5, 0.6) is 0 Å². The highest BCUT2D eigenvalue weighted by Gasteiger charge is 2.26. The number of benzene rings is 1. The molecule has 3 N–H and O–H groups in total. The maximum absolute atomic E-state index is 11.7. The lowest BCUT2D eigenvalue weighted by Gasteiger charge is -2.17. The number of carbonyl (C=O) groups excluding carboxylic acids is 1. The van der Waals surface area contributed by atoms with Crippen LogP contribution in [0.25, 0.3) is 10.9 Å². The Hall–Kier alpha value is -1.61. The standard InChI is InChI=1S/C11H10N2O/c12-8-4-6-2-1-3-9-10(6)7(5-13-9)11(8)14/h1-3,5,8,13H,4,12H2. The predicted molar refractivity (Wildman–Crippen MR) is 54.3 cm³/mol. The van der Waals surface area contributed by atoms with Gasteiger partial charge in [-0.1, -0.05) is 12.1 Å². The van der Waals surface area contributed by atoms with Crippen LogP contribution in [0.4, 0.5) is 0 Å². The molecule has 1 aromatic heterocycles. The van der Waals surface area contributed by atoms with E-state index < -0.39 is 0 Å². The molecule has 2 aromatic rings. The van der Waals surface area contributed by atoms with E-state index in [2.05, 4.69) is 4.98 Å². The van der Waals surface area contributed by atoms with Crippen molar-refractivity contribution < 1.29 is 4.79 Å². The largest absolute Gasteiger partial charge is 0.360 e. The zero-order valence-electron chi connectivity index (χ0n) is 7.58. The summed E-state index contributed by atoms with van der Waals surface area (Å²) in [5.74, 6) is 0.0509. The molecule has 3 heteroatoms. The van der Waals surface area contributed by atoms with Crippen molar-refractivity contribution in [2.45, 2.75) is 12.5 Å². The van der Waals surface area contributed by atoms with E-state index in [9.17, 15) is 4.79 Å². The Morgan fingerprint density at radius 3 is 3.14 bits per heavy atom. The summed E-state index contributed by atoms with van der Waals surface area (Å²) in [6, 6.07) is 5.63. The van der Waals surface area contributed by atoms with E-state index in [1.807, 2.05) is 18.2 Å². The monoisotopic (exact) mass is 186 g/mol. The number of nitrogens with one attached hydrogen (secondary N) is 1. The number of carbonyl (C=O) groups is 1. The number of ketones is 1. The van der Waals surface area contributed by atoms with Crippen LogP contribution in [0, 0.1) is 0 Å². The van der Waals surface area contributed by atoms with E-state index >= 15 is 0 Å². The second-order valence-corrected chi connectivity index (χ2v) is 3.72. The number of H-pyrrole nitrogens is 1. The zero-order chi connectivity index (χ0) is 9.71. The van der Waals surface area contributed by atoms with Gasteiger partial charge in [-0.25, -0.2) is 0 Å². The highest BCUT2D eigenvalue weighted by molar-refractivity contribution is 6.13. The first kappa shape index (κ1) is 7.76. The molecule has 3 nitrogen and oxygen atoms in total. The van der Waals surface area contributed by atoms with Crippen molar-refractivity contribution in [3.05, 3.63) is 35.5 Å². The quantitative estimate of drug-likeness (QED) is 0.650. The summed E-state index contributed by atoms with van der Waals surface area (Å²) in [5.41, 5.74) is 8.71. The molecule has 1 unspecified atom stereocenters. The lowest BCUT2D eigenvalue weighted by Crippen LogP contribution is -2.35. The molecule has 0 saturated heterocycles. The van der Waals surface area contributed by atoms with Crippen molar-refractivity contribution >= 4 is 16.7 Å². The molecule has 3 rings (SSSR count). The molecule has 0 fully saturated rings. The fraction of sp³-hybridized carbons (Fsp3) is 0.182. The zero-order valence-corrected chi connectivity index (χ0v) is 7.58. The van der Waals surface area contributed by atoms with Crippen LogP contribution in [0.3, 0.4) is 0 Å². The number of aromatic nitrogens is 1. The Bertz CT molecular complexity index is 527. The Labute approximate surface area is 80.9 Å². The van der Waals surface area contributed by atoms with E-state index in [1.165, 1.54) is 5.56 Å². The number of nitrogens with two attached hydrogens (primary N) is 1. The molecule has 0 amide bonds. The van der Waals surface area contributed by atoms with E-state index in [4.69, 9.17) is 5.73 Å². The minimum Gasteiger partial charge on any atom is -0.360 e. The molecule has 1 heterocycles. The third-order valence-corrected chi connectivity index (χ3v) is 2.83. The van der Waals surface area contributed by atoms with Gasteiger partial charge in [0.25, 0.3) is 0 Å². The summed E-state index contributed by atoms with van der Waals surface area (Å²) in [6.07, 6.45) is 2.41. The van der Waals surface area contributed by atoms with Crippen LogP contribution in [0.15, 0.2) is 24.4 Å². The van der Waals surface area contributed by atoms with Crippen LogP contribution in [0.1, 0.15) is 15.9 Å². The van der Waals surface area contributed by atoms with Gasteiger partial charge in [0, 0.05) is 22.7 Å². The highest BCUT2D eigenvalue weighted by Crippen LogP contribution is 2.28. The summed E-state index contributed by atoms with van der Waals surface area (Å²) < 4.78 is 0. The second-order valence-electron chi connectivity index (χ2n) is 3.72. The fourth-order valence-corrected chi connectivity index (χ4v) is 2.15. The first-order valence-corrected chi connectivity index (χ1v) is 4.66. The fourth-order valence-electron chi connectivity index (χ4n) is 2.15. The first-order chi connectivity index (χ1) is 6.77. The smallest absolute Gasteiger partial charge is 0.182 e. The van der Waals surface area contributed by atoms with Crippen molar-refractivity contribution in [3.8, 4) is 0 Å². The van der Waals surface area contributed by atoms with Gasteiger partial charge in [-0.2, -0.15) is 0 Å². The maximum atomic E-state index is 11.7. The number of hydrogen-bond donors (Lipinski definition) is 2. The maximum Gasteiger partial charge on any atom is 0.182 e. The van der Waals surface area contributed by atoms with Crippen LogP contribution >= 0.6 is 0 Å². The lowest BCUT2D eigenvalue weighted by molar-refractivity contribution is 0.0959. The minimum atomic E-state index is -0.371. The molecule has 0 bridgehead atoms. The average Bonchev–Trinajstić information content (AvgIpc) is 2.60. The number of Topliss-reactive ketones (excluding diaryl/α,β-unsaturated/α-hetero) is 1. The van der Waals surface area contributed by atoms with Crippen LogP contribution in [0.2, 0.25) is 0 Å². The van der Waals surface area contributed by atoms with E-state index in [0.29, 0.717) is 6.42 Å². The summed E-state index contributed by atoms with van der Waals surface area (Å²) >= 11 is 0. The molecule has 14 heavy (non-hydrogen) atoms. The molecule has 1 aliphatic carbocycles. The Balaban J connectivity index is 2.44. The van der Waals surface area contributed by atoms with Crippen LogP contribution < -0.4 is 5.73 Å². The van der Waals surface area contributed by atoms with E-state index in [0.717, 1.165) is 16.5 Å². The molecule has 70 valence electrons.